The van der Waals surface area contributed by atoms with E-state index in [1.165, 1.54) is 7.11 Å². The second kappa shape index (κ2) is 6.81. The van der Waals surface area contributed by atoms with Gasteiger partial charge in [0.1, 0.15) is 16.0 Å². The molecule has 0 aliphatic rings. The molecule has 0 aromatic heterocycles. The molecule has 3 nitrogen and oxygen atoms in total. The van der Waals surface area contributed by atoms with Crippen LogP contribution in [0.3, 0.4) is 0 Å². The Labute approximate surface area is 144 Å². The van der Waals surface area contributed by atoms with Gasteiger partial charge in [0, 0.05) is 10.0 Å². The number of benzene rings is 2. The maximum absolute atomic E-state index is 12.6. The van der Waals surface area contributed by atoms with Crippen molar-refractivity contribution in [3.63, 3.8) is 0 Å². The third-order valence-electron chi connectivity index (χ3n) is 2.91. The molecule has 0 radical (unpaired) electrons. The summed E-state index contributed by atoms with van der Waals surface area (Å²) in [6.07, 6.45) is 0. The number of ether oxygens (including phenoxy) is 2. The Bertz CT molecular complexity index is 702. The third-order valence-corrected chi connectivity index (χ3v) is 4.88. The molecule has 0 aliphatic heterocycles. The average Bonchev–Trinajstić information content (AvgIpc) is 2.49. The Morgan fingerprint density at radius 2 is 1.81 bits per heavy atom. The molecule has 0 fully saturated rings. The van der Waals surface area contributed by atoms with Gasteiger partial charge < -0.3 is 9.47 Å². The zero-order chi connectivity index (χ0) is 15.6. The van der Waals surface area contributed by atoms with Gasteiger partial charge in [0.15, 0.2) is 5.78 Å². The van der Waals surface area contributed by atoms with Crippen LogP contribution in [0.1, 0.15) is 15.9 Å². The second-order valence-electron chi connectivity index (χ2n) is 4.12. The summed E-state index contributed by atoms with van der Waals surface area (Å²) in [5, 5.41) is 0.550. The van der Waals surface area contributed by atoms with Crippen molar-refractivity contribution in [2.45, 2.75) is 0 Å². The van der Waals surface area contributed by atoms with Crippen LogP contribution in [0.25, 0.3) is 0 Å². The van der Waals surface area contributed by atoms with Crippen LogP contribution in [0.5, 0.6) is 11.5 Å². The largest absolute Gasteiger partial charge is 0.495 e. The molecule has 2 aromatic carbocycles. The monoisotopic (exact) mass is 432 g/mol. The lowest BCUT2D eigenvalue weighted by Crippen LogP contribution is -2.05. The SMILES string of the molecule is COc1ccc(C(=O)c2ccc(Cl)c(Br)c2)c(OC)c1Br. The minimum absolute atomic E-state index is 0.160. The number of methoxy groups -OCH3 is 2. The smallest absolute Gasteiger partial charge is 0.196 e. The molecule has 0 spiro atoms. The van der Waals surface area contributed by atoms with E-state index in [1.54, 1.807) is 37.4 Å². The van der Waals surface area contributed by atoms with Gasteiger partial charge in [0.2, 0.25) is 0 Å². The molecular weight excluding hydrogens is 423 g/mol. The highest BCUT2D eigenvalue weighted by Crippen LogP contribution is 2.38. The summed E-state index contributed by atoms with van der Waals surface area (Å²) in [5.41, 5.74) is 0.959. The first kappa shape index (κ1) is 16.3. The van der Waals surface area contributed by atoms with Gasteiger partial charge in [-0.15, -0.1) is 0 Å². The molecule has 21 heavy (non-hydrogen) atoms. The number of hydrogen-bond donors (Lipinski definition) is 0. The van der Waals surface area contributed by atoms with Gasteiger partial charge in [0.05, 0.1) is 24.8 Å². The Kier molecular flexibility index (Phi) is 5.30. The predicted octanol–water partition coefficient (Wildman–Crippen LogP) is 5.11. The van der Waals surface area contributed by atoms with Crippen LogP contribution in [-0.2, 0) is 0 Å². The van der Waals surface area contributed by atoms with Crippen molar-refractivity contribution in [2.24, 2.45) is 0 Å². The Balaban J connectivity index is 2.52. The summed E-state index contributed by atoms with van der Waals surface area (Å²) in [5.74, 6) is 0.874. The highest BCUT2D eigenvalue weighted by Gasteiger charge is 2.20. The molecule has 0 amide bonds. The van der Waals surface area contributed by atoms with E-state index in [0.717, 1.165) is 0 Å². The Morgan fingerprint density at radius 3 is 2.38 bits per heavy atom. The topological polar surface area (TPSA) is 35.5 Å². The zero-order valence-corrected chi connectivity index (χ0v) is 15.2. The van der Waals surface area contributed by atoms with Crippen LogP contribution < -0.4 is 9.47 Å². The van der Waals surface area contributed by atoms with Gasteiger partial charge >= 0.3 is 0 Å². The maximum Gasteiger partial charge on any atom is 0.196 e. The van der Waals surface area contributed by atoms with E-state index in [0.29, 0.717) is 36.6 Å². The van der Waals surface area contributed by atoms with Gasteiger partial charge in [-0.1, -0.05) is 11.6 Å². The van der Waals surface area contributed by atoms with Crippen LogP contribution in [0.4, 0.5) is 0 Å². The Hall–Kier alpha value is -1.04. The molecular formula is C15H11Br2ClO3. The summed E-state index contributed by atoms with van der Waals surface area (Å²) < 4.78 is 11.8. The van der Waals surface area contributed by atoms with Crippen molar-refractivity contribution in [1.82, 2.24) is 0 Å². The van der Waals surface area contributed by atoms with E-state index in [2.05, 4.69) is 31.9 Å². The molecule has 2 rings (SSSR count). The standard InChI is InChI=1S/C15H11Br2ClO3/c1-20-12-6-4-9(15(21-2)13(12)17)14(19)8-3-5-11(18)10(16)7-8/h3-7H,1-2H3. The summed E-state index contributed by atoms with van der Waals surface area (Å²) >= 11 is 12.6. The minimum atomic E-state index is -0.160. The molecule has 110 valence electrons. The van der Waals surface area contributed by atoms with Gasteiger partial charge in [-0.25, -0.2) is 0 Å². The van der Waals surface area contributed by atoms with Crippen LogP contribution >= 0.6 is 43.5 Å². The van der Waals surface area contributed by atoms with Crippen LogP contribution in [0, 0.1) is 0 Å². The van der Waals surface area contributed by atoms with Crippen molar-refractivity contribution in [3.05, 3.63) is 55.4 Å². The number of halogens is 3. The number of rotatable bonds is 4. The fraction of sp³-hybridized carbons (Fsp3) is 0.133. The van der Waals surface area contributed by atoms with E-state index in [1.807, 2.05) is 0 Å². The van der Waals surface area contributed by atoms with Crippen molar-refractivity contribution in [2.75, 3.05) is 14.2 Å². The summed E-state index contributed by atoms with van der Waals surface area (Å²) in [6, 6.07) is 8.41. The van der Waals surface area contributed by atoms with E-state index >= 15 is 0 Å². The zero-order valence-electron chi connectivity index (χ0n) is 11.2. The average molecular weight is 435 g/mol. The van der Waals surface area contributed by atoms with E-state index in [9.17, 15) is 4.79 Å². The molecule has 0 saturated carbocycles. The van der Waals surface area contributed by atoms with E-state index in [-0.39, 0.29) is 5.78 Å². The van der Waals surface area contributed by atoms with Crippen LogP contribution in [0.2, 0.25) is 5.02 Å². The molecule has 0 aliphatic carbocycles. The van der Waals surface area contributed by atoms with E-state index < -0.39 is 0 Å². The van der Waals surface area contributed by atoms with Gasteiger partial charge in [-0.3, -0.25) is 4.79 Å². The van der Waals surface area contributed by atoms with Gasteiger partial charge in [0.25, 0.3) is 0 Å². The first-order chi connectivity index (χ1) is 9.99. The lowest BCUT2D eigenvalue weighted by Gasteiger charge is -2.13. The highest BCUT2D eigenvalue weighted by molar-refractivity contribution is 9.11. The molecule has 0 atom stereocenters. The highest BCUT2D eigenvalue weighted by atomic mass is 79.9. The summed E-state index contributed by atoms with van der Waals surface area (Å²) in [6.45, 7) is 0. The second-order valence-corrected chi connectivity index (χ2v) is 6.18. The summed E-state index contributed by atoms with van der Waals surface area (Å²) in [4.78, 5) is 12.6. The number of ketones is 1. The van der Waals surface area contributed by atoms with Crippen molar-refractivity contribution < 1.29 is 14.3 Å². The molecule has 0 unspecified atom stereocenters. The van der Waals surface area contributed by atoms with E-state index in [4.69, 9.17) is 21.1 Å². The van der Waals surface area contributed by atoms with Crippen molar-refractivity contribution >= 4 is 49.2 Å². The Morgan fingerprint density at radius 1 is 1.10 bits per heavy atom. The van der Waals surface area contributed by atoms with Crippen molar-refractivity contribution in [1.29, 1.82) is 0 Å². The quantitative estimate of drug-likeness (QED) is 0.627. The lowest BCUT2D eigenvalue weighted by molar-refractivity contribution is 0.103. The molecule has 0 heterocycles. The molecule has 2 aromatic rings. The normalized spacial score (nSPS) is 10.3. The molecule has 0 saturated heterocycles. The van der Waals surface area contributed by atoms with Crippen LogP contribution in [-0.4, -0.2) is 20.0 Å². The third kappa shape index (κ3) is 3.25. The first-order valence-corrected chi connectivity index (χ1v) is 7.86. The molecule has 0 N–H and O–H groups in total. The van der Waals surface area contributed by atoms with Crippen LogP contribution in [0.15, 0.2) is 39.3 Å². The molecule has 6 heteroatoms. The number of carbonyl (C=O) groups excluding carboxylic acids is 1. The molecule has 0 bridgehead atoms. The fourth-order valence-corrected chi connectivity index (χ4v) is 3.03. The summed E-state index contributed by atoms with van der Waals surface area (Å²) in [7, 11) is 3.06. The predicted molar refractivity (Wildman–Crippen MR) is 89.8 cm³/mol. The number of hydrogen-bond acceptors (Lipinski definition) is 3. The number of carbonyl (C=O) groups is 1. The first-order valence-electron chi connectivity index (χ1n) is 5.89. The maximum atomic E-state index is 12.6. The minimum Gasteiger partial charge on any atom is -0.495 e. The van der Waals surface area contributed by atoms with Gasteiger partial charge in [-0.05, 0) is 62.2 Å². The fourth-order valence-electron chi connectivity index (χ4n) is 1.87. The lowest BCUT2D eigenvalue weighted by atomic mass is 10.0. The van der Waals surface area contributed by atoms with Crippen molar-refractivity contribution in [3.8, 4) is 11.5 Å². The van der Waals surface area contributed by atoms with Gasteiger partial charge in [-0.2, -0.15) is 0 Å².